The maximum absolute atomic E-state index is 11.4. The molecule has 0 fully saturated rings. The Morgan fingerprint density at radius 1 is 1.11 bits per heavy atom. The van der Waals surface area contributed by atoms with Gasteiger partial charge in [0.05, 0.1) is 0 Å². The second-order valence-corrected chi connectivity index (χ2v) is 3.99. The maximum atomic E-state index is 11.4. The van der Waals surface area contributed by atoms with Crippen molar-refractivity contribution in [1.29, 1.82) is 0 Å². The van der Waals surface area contributed by atoms with Gasteiger partial charge in [-0.1, -0.05) is 50.1 Å². The van der Waals surface area contributed by atoms with Crippen molar-refractivity contribution < 1.29 is 19.8 Å². The summed E-state index contributed by atoms with van der Waals surface area (Å²) >= 11 is 0. The Balaban J connectivity index is 0. The number of aliphatic carboxylic acids is 2. The van der Waals surface area contributed by atoms with E-state index in [1.807, 2.05) is 6.92 Å². The molecule has 19 heavy (non-hydrogen) atoms. The van der Waals surface area contributed by atoms with Gasteiger partial charge in [-0.2, -0.15) is 0 Å². The molecule has 6 heteroatoms. The average molecular weight is 284 g/mol. The molecule has 0 radical (unpaired) electrons. The molecular weight excluding hydrogens is 266 g/mol. The quantitative estimate of drug-likeness (QED) is 0.603. The first-order valence-corrected chi connectivity index (χ1v) is 5.58. The molecule has 1 rings (SSSR count). The minimum atomic E-state index is -1.82. The number of hydrogen-bond acceptors (Lipinski definition) is 2. The molecule has 0 atom stereocenters. The first kappa shape index (κ1) is 21.7. The summed E-state index contributed by atoms with van der Waals surface area (Å²) in [7, 11) is 0. The van der Waals surface area contributed by atoms with E-state index < -0.39 is 17.4 Å². The molecule has 0 saturated heterocycles. The number of carbonyl (C=O) groups is 2. The molecule has 0 bridgehead atoms. The zero-order valence-corrected chi connectivity index (χ0v) is 9.72. The Morgan fingerprint density at radius 2 is 1.58 bits per heavy atom. The molecule has 96 valence electrons. The Hall–Kier alpha value is 0.394. The van der Waals surface area contributed by atoms with Crippen LogP contribution in [-0.2, 0) is 15.0 Å². The van der Waals surface area contributed by atoms with Crippen LogP contribution in [0.5, 0.6) is 0 Å². The second-order valence-electron chi connectivity index (χ2n) is 3.99. The molecular formula is C13H18KLiO4. The fourth-order valence-corrected chi connectivity index (χ4v) is 1.86. The fraction of sp³-hybridized carbons (Fsp3) is 0.385. The van der Waals surface area contributed by atoms with Gasteiger partial charge >= 0.3 is 82.2 Å². The zero-order valence-electron chi connectivity index (χ0n) is 9.72. The van der Waals surface area contributed by atoms with Crippen molar-refractivity contribution in [3.8, 4) is 0 Å². The minimum absolute atomic E-state index is 0. The normalized spacial score (nSPS) is 9.95. The van der Waals surface area contributed by atoms with Gasteiger partial charge in [-0.25, -0.2) is 0 Å². The Bertz CT molecular complexity index is 394. The van der Waals surface area contributed by atoms with Gasteiger partial charge in [0.25, 0.3) is 0 Å². The van der Waals surface area contributed by atoms with Crippen LogP contribution in [0.1, 0.15) is 31.7 Å². The third-order valence-electron chi connectivity index (χ3n) is 2.90. The third kappa shape index (κ3) is 5.02. The van der Waals surface area contributed by atoms with Gasteiger partial charge in [-0.05, 0) is 12.0 Å². The molecule has 0 amide bonds. The standard InChI is InChI=1S/C13H16O4.K.Li.2H/c1-2-3-9-13(11(14)15,12(16)17)10-7-5-4-6-8-10;;;;/h4-8H,2-3,9H2,1H3,(H,14,15)(H,16,17);;;;. The Labute approximate surface area is 167 Å². The van der Waals surface area contributed by atoms with Gasteiger partial charge in [-0.3, -0.25) is 9.59 Å². The van der Waals surface area contributed by atoms with Crippen LogP contribution in [0.4, 0.5) is 0 Å². The third-order valence-corrected chi connectivity index (χ3v) is 2.90. The summed E-state index contributed by atoms with van der Waals surface area (Å²) in [4.78, 5) is 22.8. The topological polar surface area (TPSA) is 74.6 Å². The number of carboxylic acid groups (broad SMARTS) is 2. The van der Waals surface area contributed by atoms with Crippen molar-refractivity contribution in [3.05, 3.63) is 35.9 Å². The molecule has 0 spiro atoms. The van der Waals surface area contributed by atoms with Gasteiger partial charge in [-0.15, -0.1) is 0 Å². The van der Waals surface area contributed by atoms with E-state index in [4.69, 9.17) is 0 Å². The van der Waals surface area contributed by atoms with E-state index in [0.29, 0.717) is 12.0 Å². The molecule has 0 aliphatic carbocycles. The summed E-state index contributed by atoms with van der Waals surface area (Å²) < 4.78 is 0. The van der Waals surface area contributed by atoms with Crippen molar-refractivity contribution >= 4 is 82.2 Å². The molecule has 0 aliphatic heterocycles. The predicted octanol–water partition coefficient (Wildman–Crippen LogP) is 0.987. The van der Waals surface area contributed by atoms with Crippen LogP contribution in [-0.4, -0.2) is 92.4 Å². The molecule has 0 aliphatic rings. The van der Waals surface area contributed by atoms with Crippen molar-refractivity contribution in [2.75, 3.05) is 0 Å². The molecule has 2 N–H and O–H groups in total. The number of hydrogen-bond donors (Lipinski definition) is 2. The van der Waals surface area contributed by atoms with Gasteiger partial charge in [0.2, 0.25) is 0 Å². The van der Waals surface area contributed by atoms with E-state index in [1.165, 1.54) is 0 Å². The van der Waals surface area contributed by atoms with Crippen LogP contribution >= 0.6 is 0 Å². The fourth-order valence-electron chi connectivity index (χ4n) is 1.86. The summed E-state index contributed by atoms with van der Waals surface area (Å²) in [6.45, 7) is 1.90. The van der Waals surface area contributed by atoms with Crippen molar-refractivity contribution in [3.63, 3.8) is 0 Å². The van der Waals surface area contributed by atoms with E-state index in [2.05, 4.69) is 0 Å². The van der Waals surface area contributed by atoms with Crippen LogP contribution in [0.25, 0.3) is 0 Å². The van der Waals surface area contributed by atoms with Crippen LogP contribution in [0, 0.1) is 0 Å². The van der Waals surface area contributed by atoms with E-state index in [0.717, 1.165) is 6.42 Å². The molecule has 4 nitrogen and oxygen atoms in total. The van der Waals surface area contributed by atoms with Crippen LogP contribution in [0.15, 0.2) is 30.3 Å². The Kier molecular flexibility index (Phi) is 11.6. The van der Waals surface area contributed by atoms with E-state index >= 15 is 0 Å². The molecule has 0 saturated carbocycles. The van der Waals surface area contributed by atoms with Crippen LogP contribution < -0.4 is 0 Å². The first-order chi connectivity index (χ1) is 8.05. The molecule has 0 aromatic heterocycles. The average Bonchev–Trinajstić information content (AvgIpc) is 2.30. The zero-order chi connectivity index (χ0) is 12.9. The van der Waals surface area contributed by atoms with E-state index in [9.17, 15) is 19.8 Å². The van der Waals surface area contributed by atoms with Gasteiger partial charge in [0, 0.05) is 0 Å². The van der Waals surface area contributed by atoms with Crippen molar-refractivity contribution in [2.45, 2.75) is 31.6 Å². The number of benzene rings is 1. The molecule has 1 aromatic carbocycles. The number of carboxylic acids is 2. The summed E-state index contributed by atoms with van der Waals surface area (Å²) in [5.41, 5.74) is -1.49. The van der Waals surface area contributed by atoms with Crippen molar-refractivity contribution in [2.24, 2.45) is 0 Å². The van der Waals surface area contributed by atoms with Gasteiger partial charge < -0.3 is 10.2 Å². The number of rotatable bonds is 6. The van der Waals surface area contributed by atoms with Crippen molar-refractivity contribution in [1.82, 2.24) is 0 Å². The summed E-state index contributed by atoms with van der Waals surface area (Å²) in [5.74, 6) is -2.60. The SMILES string of the molecule is CCCCC(C(=O)O)(C(=O)O)c1ccccc1.[KH].[LiH]. The summed E-state index contributed by atoms with van der Waals surface area (Å²) in [5, 5.41) is 18.6. The second kappa shape index (κ2) is 10.2. The Morgan fingerprint density at radius 3 is 1.95 bits per heavy atom. The molecule has 0 heterocycles. The van der Waals surface area contributed by atoms with Gasteiger partial charge in [0.1, 0.15) is 0 Å². The summed E-state index contributed by atoms with van der Waals surface area (Å²) in [6, 6.07) is 8.15. The summed E-state index contributed by atoms with van der Waals surface area (Å²) in [6.07, 6.45) is 1.43. The molecule has 0 unspecified atom stereocenters. The number of unbranched alkanes of at least 4 members (excludes halogenated alkanes) is 1. The monoisotopic (exact) mass is 284 g/mol. The van der Waals surface area contributed by atoms with Crippen LogP contribution in [0.2, 0.25) is 0 Å². The first-order valence-electron chi connectivity index (χ1n) is 5.58. The van der Waals surface area contributed by atoms with Crippen LogP contribution in [0.3, 0.4) is 0 Å². The van der Waals surface area contributed by atoms with E-state index in [-0.39, 0.29) is 76.7 Å². The van der Waals surface area contributed by atoms with Gasteiger partial charge in [0.15, 0.2) is 5.41 Å². The van der Waals surface area contributed by atoms with E-state index in [1.54, 1.807) is 30.3 Å². The molecule has 1 aromatic rings. The predicted molar refractivity (Wildman–Crippen MR) is 77.2 cm³/mol.